The van der Waals surface area contributed by atoms with Crippen molar-refractivity contribution in [2.75, 3.05) is 17.1 Å². The SMILES string of the molecule is COc1cccc(Nc2ccnc3ccc(NS(=O)(=O)c4ccccc4)cc23)c1.Cl. The molecule has 8 heteroatoms. The van der Waals surface area contributed by atoms with Crippen LogP contribution in [0.1, 0.15) is 0 Å². The minimum Gasteiger partial charge on any atom is -0.497 e. The number of anilines is 3. The zero-order chi connectivity index (χ0) is 20.3. The van der Waals surface area contributed by atoms with Crippen molar-refractivity contribution in [1.29, 1.82) is 0 Å². The van der Waals surface area contributed by atoms with Gasteiger partial charge in [-0.3, -0.25) is 9.71 Å². The van der Waals surface area contributed by atoms with E-state index in [1.165, 1.54) is 0 Å². The summed E-state index contributed by atoms with van der Waals surface area (Å²) in [7, 11) is -2.05. The normalized spacial score (nSPS) is 10.8. The van der Waals surface area contributed by atoms with Crippen LogP contribution in [-0.2, 0) is 10.0 Å². The van der Waals surface area contributed by atoms with Crippen molar-refractivity contribution < 1.29 is 13.2 Å². The van der Waals surface area contributed by atoms with Gasteiger partial charge in [-0.25, -0.2) is 8.42 Å². The van der Waals surface area contributed by atoms with Gasteiger partial charge >= 0.3 is 0 Å². The molecule has 0 saturated carbocycles. The molecule has 0 aliphatic heterocycles. The highest BCUT2D eigenvalue weighted by Crippen LogP contribution is 2.29. The smallest absolute Gasteiger partial charge is 0.261 e. The Morgan fingerprint density at radius 3 is 2.43 bits per heavy atom. The van der Waals surface area contributed by atoms with Gasteiger partial charge in [0.15, 0.2) is 0 Å². The van der Waals surface area contributed by atoms with Gasteiger partial charge in [0.1, 0.15) is 5.75 Å². The van der Waals surface area contributed by atoms with Crippen molar-refractivity contribution in [3.8, 4) is 5.75 Å². The number of benzene rings is 3. The summed E-state index contributed by atoms with van der Waals surface area (Å²) < 4.78 is 33.2. The van der Waals surface area contributed by atoms with Gasteiger partial charge in [0, 0.05) is 34.7 Å². The molecule has 0 bridgehead atoms. The molecule has 3 aromatic carbocycles. The third-order valence-corrected chi connectivity index (χ3v) is 5.79. The Labute approximate surface area is 181 Å². The quantitative estimate of drug-likeness (QED) is 0.429. The Hall–Kier alpha value is -3.29. The Morgan fingerprint density at radius 2 is 1.67 bits per heavy atom. The number of rotatable bonds is 6. The van der Waals surface area contributed by atoms with E-state index in [0.29, 0.717) is 5.69 Å². The van der Waals surface area contributed by atoms with E-state index in [-0.39, 0.29) is 17.3 Å². The molecule has 0 unspecified atom stereocenters. The number of halogens is 1. The third-order valence-electron chi connectivity index (χ3n) is 4.40. The first-order valence-electron chi connectivity index (χ1n) is 8.93. The first kappa shape index (κ1) is 21.4. The van der Waals surface area contributed by atoms with Crippen molar-refractivity contribution in [2.45, 2.75) is 4.90 Å². The van der Waals surface area contributed by atoms with E-state index in [4.69, 9.17) is 4.74 Å². The van der Waals surface area contributed by atoms with E-state index in [2.05, 4.69) is 15.0 Å². The van der Waals surface area contributed by atoms with E-state index in [9.17, 15) is 8.42 Å². The van der Waals surface area contributed by atoms with Gasteiger partial charge in [-0.2, -0.15) is 0 Å². The predicted octanol–water partition coefficient (Wildman–Crippen LogP) is 5.21. The molecule has 4 aromatic rings. The van der Waals surface area contributed by atoms with Crippen molar-refractivity contribution in [1.82, 2.24) is 4.98 Å². The molecule has 0 atom stereocenters. The zero-order valence-corrected chi connectivity index (χ0v) is 17.7. The molecule has 154 valence electrons. The Morgan fingerprint density at radius 1 is 0.867 bits per heavy atom. The summed E-state index contributed by atoms with van der Waals surface area (Å²) >= 11 is 0. The molecule has 30 heavy (non-hydrogen) atoms. The number of methoxy groups -OCH3 is 1. The zero-order valence-electron chi connectivity index (χ0n) is 16.1. The highest BCUT2D eigenvalue weighted by Gasteiger charge is 2.14. The topological polar surface area (TPSA) is 80.3 Å². The molecule has 1 aromatic heterocycles. The van der Waals surface area contributed by atoms with Gasteiger partial charge in [-0.1, -0.05) is 24.3 Å². The van der Waals surface area contributed by atoms with Crippen LogP contribution in [0, 0.1) is 0 Å². The number of fused-ring (bicyclic) bond motifs is 1. The van der Waals surface area contributed by atoms with E-state index in [1.807, 2.05) is 30.3 Å². The summed E-state index contributed by atoms with van der Waals surface area (Å²) in [4.78, 5) is 4.58. The maximum atomic E-state index is 12.6. The first-order chi connectivity index (χ1) is 14.0. The Kier molecular flexibility index (Phi) is 6.44. The second-order valence-corrected chi connectivity index (χ2v) is 8.05. The molecule has 1 heterocycles. The average molecular weight is 442 g/mol. The molecule has 0 radical (unpaired) electrons. The number of sulfonamides is 1. The van der Waals surface area contributed by atoms with Crippen LogP contribution in [0.5, 0.6) is 5.75 Å². The number of hydrogen-bond acceptors (Lipinski definition) is 5. The van der Waals surface area contributed by atoms with Crippen LogP contribution in [0.2, 0.25) is 0 Å². The second kappa shape index (κ2) is 9.02. The molecule has 0 spiro atoms. The van der Waals surface area contributed by atoms with Crippen LogP contribution in [0.4, 0.5) is 17.1 Å². The fraction of sp³-hybridized carbons (Fsp3) is 0.0455. The minimum atomic E-state index is -3.67. The summed E-state index contributed by atoms with van der Waals surface area (Å²) in [5, 5.41) is 4.14. The third kappa shape index (κ3) is 4.64. The van der Waals surface area contributed by atoms with Crippen molar-refractivity contribution in [3.63, 3.8) is 0 Å². The van der Waals surface area contributed by atoms with E-state index >= 15 is 0 Å². The standard InChI is InChI=1S/C22H19N3O3S.ClH/c1-28-18-7-5-6-16(14-18)24-22-12-13-23-21-11-10-17(15-20(21)22)25-29(26,27)19-8-3-2-4-9-19;/h2-15,25H,1H3,(H,23,24);1H. The molecule has 2 N–H and O–H groups in total. The number of aromatic nitrogens is 1. The molecule has 0 aliphatic rings. The molecule has 0 amide bonds. The number of nitrogens with one attached hydrogen (secondary N) is 2. The number of nitrogens with zero attached hydrogens (tertiary/aromatic N) is 1. The fourth-order valence-electron chi connectivity index (χ4n) is 2.99. The largest absolute Gasteiger partial charge is 0.497 e. The van der Waals surface area contributed by atoms with Gasteiger partial charge in [0.25, 0.3) is 10.0 Å². The summed E-state index contributed by atoms with van der Waals surface area (Å²) in [6, 6.07) is 22.9. The van der Waals surface area contributed by atoms with Gasteiger partial charge in [-0.05, 0) is 48.5 Å². The molecule has 0 aliphatic carbocycles. The van der Waals surface area contributed by atoms with Gasteiger partial charge in [-0.15, -0.1) is 12.4 Å². The molecule has 0 fully saturated rings. The van der Waals surface area contributed by atoms with E-state index in [1.54, 1.807) is 61.8 Å². The maximum Gasteiger partial charge on any atom is 0.261 e. The Balaban J connectivity index is 0.00000256. The summed E-state index contributed by atoms with van der Waals surface area (Å²) in [5.41, 5.74) is 2.87. The van der Waals surface area contributed by atoms with Crippen LogP contribution in [0.15, 0.2) is 90.0 Å². The summed E-state index contributed by atoms with van der Waals surface area (Å²) in [6.07, 6.45) is 1.71. The number of ether oxygens (including phenoxy) is 1. The van der Waals surface area contributed by atoms with Crippen molar-refractivity contribution in [2.24, 2.45) is 0 Å². The lowest BCUT2D eigenvalue weighted by molar-refractivity contribution is 0.415. The predicted molar refractivity (Wildman–Crippen MR) is 123 cm³/mol. The Bertz CT molecular complexity index is 1270. The van der Waals surface area contributed by atoms with Gasteiger partial charge in [0.2, 0.25) is 0 Å². The van der Waals surface area contributed by atoms with Crippen LogP contribution in [-0.4, -0.2) is 20.5 Å². The van der Waals surface area contributed by atoms with Crippen LogP contribution >= 0.6 is 12.4 Å². The summed E-state index contributed by atoms with van der Waals surface area (Å²) in [5.74, 6) is 0.740. The lowest BCUT2D eigenvalue weighted by atomic mass is 10.1. The fourth-order valence-corrected chi connectivity index (χ4v) is 4.06. The second-order valence-electron chi connectivity index (χ2n) is 6.37. The number of pyridine rings is 1. The van der Waals surface area contributed by atoms with Gasteiger partial charge in [0.05, 0.1) is 17.5 Å². The average Bonchev–Trinajstić information content (AvgIpc) is 2.75. The summed E-state index contributed by atoms with van der Waals surface area (Å²) in [6.45, 7) is 0. The maximum absolute atomic E-state index is 12.6. The van der Waals surface area contributed by atoms with E-state index < -0.39 is 10.0 Å². The molecule has 4 rings (SSSR count). The van der Waals surface area contributed by atoms with Crippen LogP contribution < -0.4 is 14.8 Å². The lowest BCUT2D eigenvalue weighted by Gasteiger charge is -2.13. The highest BCUT2D eigenvalue weighted by molar-refractivity contribution is 7.92. The monoisotopic (exact) mass is 441 g/mol. The van der Waals surface area contributed by atoms with Crippen LogP contribution in [0.3, 0.4) is 0 Å². The molecule has 0 saturated heterocycles. The van der Waals surface area contributed by atoms with Crippen molar-refractivity contribution >= 4 is 50.4 Å². The lowest BCUT2D eigenvalue weighted by Crippen LogP contribution is -2.12. The highest BCUT2D eigenvalue weighted by atomic mass is 35.5. The first-order valence-corrected chi connectivity index (χ1v) is 10.4. The molecular weight excluding hydrogens is 422 g/mol. The van der Waals surface area contributed by atoms with E-state index in [0.717, 1.165) is 28.0 Å². The number of hydrogen-bond donors (Lipinski definition) is 2. The minimum absolute atomic E-state index is 0. The van der Waals surface area contributed by atoms with Crippen LogP contribution in [0.25, 0.3) is 10.9 Å². The van der Waals surface area contributed by atoms with Gasteiger partial charge < -0.3 is 10.1 Å². The van der Waals surface area contributed by atoms with Crippen molar-refractivity contribution in [3.05, 3.63) is 85.1 Å². The molecule has 6 nitrogen and oxygen atoms in total. The molecular formula is C22H20ClN3O3S.